The molecule has 49 heavy (non-hydrogen) atoms. The third kappa shape index (κ3) is 7.69. The Balaban J connectivity index is 1.38. The van der Waals surface area contributed by atoms with Gasteiger partial charge in [-0.25, -0.2) is 18.9 Å². The van der Waals surface area contributed by atoms with Crippen LogP contribution in [0.5, 0.6) is 0 Å². The van der Waals surface area contributed by atoms with Crippen LogP contribution < -0.4 is 16.7 Å². The Bertz CT molecular complexity index is 1760. The van der Waals surface area contributed by atoms with Crippen molar-refractivity contribution < 1.29 is 56.9 Å². The van der Waals surface area contributed by atoms with Crippen molar-refractivity contribution in [2.45, 2.75) is 69.0 Å². The van der Waals surface area contributed by atoms with Gasteiger partial charge in [-0.05, 0) is 44.5 Å². The average Bonchev–Trinajstić information content (AvgIpc) is 3.44. The van der Waals surface area contributed by atoms with E-state index in [1.807, 2.05) is 0 Å². The first kappa shape index (κ1) is 36.1. The number of anilines is 2. The van der Waals surface area contributed by atoms with E-state index in [1.165, 1.54) is 24.4 Å². The molecule has 2 aliphatic heterocycles. The predicted molar refractivity (Wildman–Crippen MR) is 170 cm³/mol. The summed E-state index contributed by atoms with van der Waals surface area (Å²) < 4.78 is 53.9. The first-order valence-electron chi connectivity index (χ1n) is 15.0. The SMILES string of the molecule is CO[C@@](Nc1ccccc1)(C(=O)OP(=O)(O)OC[C@H]1O[C@@H](n2ccc(N)nc2=O)[C@]2(C)OC(C)(C)O[C@H]12)C(OCc1ccccc1)C(=O)O. The zero-order valence-corrected chi connectivity index (χ0v) is 27.9. The van der Waals surface area contributed by atoms with Crippen LogP contribution in [-0.4, -0.2) is 80.6 Å². The van der Waals surface area contributed by atoms with Gasteiger partial charge in [0.2, 0.25) is 6.10 Å². The lowest BCUT2D eigenvalue weighted by Crippen LogP contribution is -2.61. The van der Waals surface area contributed by atoms with Gasteiger partial charge in [-0.3, -0.25) is 14.0 Å². The largest absolute Gasteiger partial charge is 0.529 e. The molecule has 0 aliphatic carbocycles. The monoisotopic (exact) mass is 704 g/mol. The Hall–Kier alpha value is -4.19. The number of fused-ring (bicyclic) bond motifs is 1. The van der Waals surface area contributed by atoms with Gasteiger partial charge < -0.3 is 44.4 Å². The van der Waals surface area contributed by atoms with Crippen molar-refractivity contribution in [3.05, 3.63) is 89.0 Å². The number of hydrogen-bond donors (Lipinski definition) is 4. The molecule has 0 amide bonds. The van der Waals surface area contributed by atoms with Gasteiger partial charge in [0.25, 0.3) is 5.72 Å². The second kappa shape index (κ2) is 14.0. The summed E-state index contributed by atoms with van der Waals surface area (Å²) in [5, 5.41) is 12.9. The first-order valence-corrected chi connectivity index (χ1v) is 16.4. The molecule has 0 saturated carbocycles. The predicted octanol–water partition coefficient (Wildman–Crippen LogP) is 2.42. The fourth-order valence-corrected chi connectivity index (χ4v) is 6.53. The van der Waals surface area contributed by atoms with Crippen LogP contribution in [0.4, 0.5) is 11.5 Å². The quantitative estimate of drug-likeness (QED) is 0.139. The molecule has 2 aliphatic rings. The number of para-hydroxylation sites is 1. The summed E-state index contributed by atoms with van der Waals surface area (Å²) in [5.74, 6) is -4.46. The molecule has 2 aromatic carbocycles. The van der Waals surface area contributed by atoms with E-state index in [2.05, 4.69) is 10.3 Å². The van der Waals surface area contributed by atoms with Crippen LogP contribution in [0.15, 0.2) is 77.7 Å². The van der Waals surface area contributed by atoms with Gasteiger partial charge in [-0.1, -0.05) is 48.5 Å². The lowest BCUT2D eigenvalue weighted by atomic mass is 9.96. The summed E-state index contributed by atoms with van der Waals surface area (Å²) in [7, 11) is -4.35. The summed E-state index contributed by atoms with van der Waals surface area (Å²) in [4.78, 5) is 53.6. The number of carboxylic acids is 1. The topological polar surface area (TPSA) is 229 Å². The van der Waals surface area contributed by atoms with Gasteiger partial charge >= 0.3 is 25.5 Å². The molecule has 3 heterocycles. The lowest BCUT2D eigenvalue weighted by Gasteiger charge is -2.36. The summed E-state index contributed by atoms with van der Waals surface area (Å²) >= 11 is 0. The fraction of sp³-hybridized carbons (Fsp3) is 0.419. The van der Waals surface area contributed by atoms with Crippen LogP contribution in [-0.2, 0) is 53.5 Å². The number of rotatable bonds is 14. The highest BCUT2D eigenvalue weighted by Crippen LogP contribution is 2.52. The second-order valence-corrected chi connectivity index (χ2v) is 13.3. The highest BCUT2D eigenvalue weighted by Gasteiger charge is 2.65. The molecule has 0 spiro atoms. The summed E-state index contributed by atoms with van der Waals surface area (Å²) in [6, 6.07) is 17.8. The number of benzene rings is 2. The van der Waals surface area contributed by atoms with E-state index < -0.39 is 73.7 Å². The number of nitrogens with zero attached hydrogens (tertiary/aromatic N) is 2. The van der Waals surface area contributed by atoms with Crippen LogP contribution in [0, 0.1) is 0 Å². The maximum atomic E-state index is 13.8. The number of carbonyl (C=O) groups is 2. The van der Waals surface area contributed by atoms with E-state index in [0.717, 1.165) is 11.7 Å². The first-order chi connectivity index (χ1) is 23.1. The molecule has 2 saturated heterocycles. The number of carbonyl (C=O) groups excluding carboxylic acids is 1. The maximum Gasteiger partial charge on any atom is 0.529 e. The van der Waals surface area contributed by atoms with Crippen molar-refractivity contribution >= 4 is 31.3 Å². The average molecular weight is 705 g/mol. The number of aliphatic carboxylic acids is 1. The number of ether oxygens (including phenoxy) is 5. The molecule has 2 fully saturated rings. The highest BCUT2D eigenvalue weighted by atomic mass is 31.2. The number of methoxy groups -OCH3 is 1. The normalized spacial score (nSPS) is 25.8. The maximum absolute atomic E-state index is 13.8. The Labute approximate surface area is 280 Å². The zero-order valence-electron chi connectivity index (χ0n) is 27.0. The molecule has 7 atom stereocenters. The van der Waals surface area contributed by atoms with Crippen LogP contribution in [0.25, 0.3) is 0 Å². The van der Waals surface area contributed by atoms with Crippen molar-refractivity contribution in [1.82, 2.24) is 9.55 Å². The van der Waals surface area contributed by atoms with Gasteiger partial charge in [0, 0.05) is 19.0 Å². The van der Waals surface area contributed by atoms with Crippen molar-refractivity contribution in [3.8, 4) is 0 Å². The minimum Gasteiger partial charge on any atom is -0.479 e. The van der Waals surface area contributed by atoms with E-state index in [9.17, 15) is 28.9 Å². The summed E-state index contributed by atoms with van der Waals surface area (Å²) in [6.07, 6.45) is -3.98. The molecule has 5 N–H and O–H groups in total. The summed E-state index contributed by atoms with van der Waals surface area (Å²) in [5.41, 5.74) is 1.65. The van der Waals surface area contributed by atoms with Gasteiger partial charge in [0.05, 0.1) is 13.2 Å². The minimum atomic E-state index is -5.35. The highest BCUT2D eigenvalue weighted by molar-refractivity contribution is 7.48. The Morgan fingerprint density at radius 3 is 2.39 bits per heavy atom. The van der Waals surface area contributed by atoms with E-state index >= 15 is 0 Å². The van der Waals surface area contributed by atoms with Crippen LogP contribution in [0.2, 0.25) is 0 Å². The molecule has 5 rings (SSSR count). The number of nitrogens with one attached hydrogen (secondary N) is 1. The Kier molecular flexibility index (Phi) is 10.3. The van der Waals surface area contributed by atoms with Crippen molar-refractivity contribution in [3.63, 3.8) is 0 Å². The molecule has 17 nitrogen and oxygen atoms in total. The van der Waals surface area contributed by atoms with E-state index in [-0.39, 0.29) is 18.1 Å². The minimum absolute atomic E-state index is 0.0164. The number of aromatic nitrogens is 2. The molecule has 3 aromatic rings. The van der Waals surface area contributed by atoms with E-state index in [4.69, 9.17) is 38.5 Å². The standard InChI is InChI=1S/C31H37N4O13P/c1-29(2)46-23-21(45-26(30(23,3)48-29)35-16-15-22(32)33-28(35)39)18-44-49(40,41)47-27(38)31(42-4,34-20-13-9-6-10-14-20)24(25(36)37)43-17-19-11-7-5-8-12-19/h5-16,21,23-24,26,34H,17-18H2,1-4H3,(H,36,37)(H,40,41)(H2,32,33,39)/t21-,23-,24?,26-,30-,31-/m1/s1. The third-order valence-electron chi connectivity index (χ3n) is 7.86. The van der Waals surface area contributed by atoms with E-state index in [0.29, 0.717) is 5.56 Å². The Morgan fingerprint density at radius 2 is 1.78 bits per heavy atom. The number of phosphoric acid groups is 1. The molecular weight excluding hydrogens is 667 g/mol. The lowest BCUT2D eigenvalue weighted by molar-refractivity contribution is -0.218. The van der Waals surface area contributed by atoms with Crippen molar-refractivity contribution in [2.24, 2.45) is 0 Å². The van der Waals surface area contributed by atoms with Gasteiger partial charge in [0.1, 0.15) is 23.6 Å². The van der Waals surface area contributed by atoms with Gasteiger partial charge in [0.15, 0.2) is 12.0 Å². The third-order valence-corrected chi connectivity index (χ3v) is 8.73. The number of carboxylic acid groups (broad SMARTS) is 1. The van der Waals surface area contributed by atoms with Crippen LogP contribution in [0.3, 0.4) is 0 Å². The Morgan fingerprint density at radius 1 is 1.12 bits per heavy atom. The second-order valence-electron chi connectivity index (χ2n) is 11.9. The molecule has 0 radical (unpaired) electrons. The number of hydrogen-bond acceptors (Lipinski definition) is 14. The molecule has 1 aromatic heterocycles. The number of nitrogen functional groups attached to an aromatic ring is 1. The molecule has 2 unspecified atom stereocenters. The van der Waals surface area contributed by atoms with Crippen molar-refractivity contribution in [2.75, 3.05) is 24.8 Å². The number of phosphoric ester groups is 1. The molecule has 264 valence electrons. The van der Waals surface area contributed by atoms with Crippen LogP contribution >= 0.6 is 7.82 Å². The van der Waals surface area contributed by atoms with Crippen LogP contribution in [0.1, 0.15) is 32.6 Å². The number of nitrogens with two attached hydrogens (primary N) is 1. The summed E-state index contributed by atoms with van der Waals surface area (Å²) in [6.45, 7) is 3.93. The van der Waals surface area contributed by atoms with Crippen molar-refractivity contribution in [1.29, 1.82) is 0 Å². The smallest absolute Gasteiger partial charge is 0.479 e. The molecule has 18 heteroatoms. The zero-order chi connectivity index (χ0) is 35.6. The van der Waals surface area contributed by atoms with Gasteiger partial charge in [-0.15, -0.1) is 0 Å². The molecular formula is C31H37N4O13P. The van der Waals surface area contributed by atoms with Gasteiger partial charge in [-0.2, -0.15) is 4.98 Å². The fourth-order valence-electron chi connectivity index (χ4n) is 5.80. The van der Waals surface area contributed by atoms with E-state index in [1.54, 1.807) is 69.3 Å². The molecule has 0 bridgehead atoms.